The van der Waals surface area contributed by atoms with Gasteiger partial charge in [-0.05, 0) is 61.4 Å². The van der Waals surface area contributed by atoms with Crippen LogP contribution in [0.15, 0.2) is 53.4 Å². The summed E-state index contributed by atoms with van der Waals surface area (Å²) >= 11 is 5.84. The Morgan fingerprint density at radius 3 is 2.00 bits per heavy atom. The molecular weight excluding hydrogens is 418 g/mol. The number of piperidine rings is 1. The van der Waals surface area contributed by atoms with E-state index in [-0.39, 0.29) is 30.8 Å². The fraction of sp³-hybridized carbons (Fsp3) is 0.263. The van der Waals surface area contributed by atoms with Gasteiger partial charge in [0.15, 0.2) is 0 Å². The quantitative estimate of drug-likeness (QED) is 0.718. The molecule has 2 fully saturated rings. The molecule has 3 amide bonds. The number of hydrogen-bond donors (Lipinski definition) is 2. The zero-order valence-corrected chi connectivity index (χ0v) is 16.8. The van der Waals surface area contributed by atoms with Crippen molar-refractivity contribution in [1.82, 2.24) is 14.9 Å². The highest BCUT2D eigenvalue weighted by Crippen LogP contribution is 2.30. The van der Waals surface area contributed by atoms with Gasteiger partial charge in [-0.3, -0.25) is 10.1 Å². The fourth-order valence-electron chi connectivity index (χ4n) is 3.46. The summed E-state index contributed by atoms with van der Waals surface area (Å²) in [6.07, 6.45) is 0.448. The second-order valence-corrected chi connectivity index (χ2v) is 9.30. The zero-order chi connectivity index (χ0) is 20.6. The SMILES string of the molecule is O=C1NC(=O)C2(CCN(S(=O)(=O)c3ccc(Oc4ccc(Cl)cc4)cc3)CC2)N1. The molecule has 2 aromatic rings. The maximum atomic E-state index is 12.9. The number of amides is 3. The van der Waals surface area contributed by atoms with E-state index in [0.29, 0.717) is 16.5 Å². The lowest BCUT2D eigenvalue weighted by Crippen LogP contribution is -2.55. The highest BCUT2D eigenvalue weighted by Gasteiger charge is 2.49. The van der Waals surface area contributed by atoms with Crippen LogP contribution in [0.3, 0.4) is 0 Å². The number of carbonyl (C=O) groups is 2. The molecule has 0 aliphatic carbocycles. The summed E-state index contributed by atoms with van der Waals surface area (Å²) in [5.41, 5.74) is -1.01. The Morgan fingerprint density at radius 2 is 1.48 bits per heavy atom. The molecule has 2 heterocycles. The van der Waals surface area contributed by atoms with Gasteiger partial charge in [0.2, 0.25) is 10.0 Å². The van der Waals surface area contributed by atoms with Crippen LogP contribution in [0.25, 0.3) is 0 Å². The largest absolute Gasteiger partial charge is 0.457 e. The summed E-state index contributed by atoms with van der Waals surface area (Å²) in [6, 6.07) is 12.4. The van der Waals surface area contributed by atoms with Gasteiger partial charge in [0.1, 0.15) is 17.0 Å². The van der Waals surface area contributed by atoms with Gasteiger partial charge in [0.25, 0.3) is 5.91 Å². The number of halogens is 1. The lowest BCUT2D eigenvalue weighted by molar-refractivity contribution is -0.125. The van der Waals surface area contributed by atoms with E-state index in [9.17, 15) is 18.0 Å². The van der Waals surface area contributed by atoms with Crippen molar-refractivity contribution in [3.05, 3.63) is 53.6 Å². The average molecular weight is 436 g/mol. The van der Waals surface area contributed by atoms with Gasteiger partial charge in [0.05, 0.1) is 4.90 Å². The van der Waals surface area contributed by atoms with Gasteiger partial charge in [-0.25, -0.2) is 13.2 Å². The van der Waals surface area contributed by atoms with E-state index in [0.717, 1.165) is 0 Å². The lowest BCUT2D eigenvalue weighted by atomic mass is 9.89. The molecule has 2 aromatic carbocycles. The summed E-state index contributed by atoms with van der Waals surface area (Å²) < 4.78 is 32.9. The molecule has 29 heavy (non-hydrogen) atoms. The third-order valence-corrected chi connectivity index (χ3v) is 7.27. The zero-order valence-electron chi connectivity index (χ0n) is 15.2. The second kappa shape index (κ2) is 7.33. The van der Waals surface area contributed by atoms with Gasteiger partial charge in [-0.15, -0.1) is 0 Å². The average Bonchev–Trinajstić information content (AvgIpc) is 2.97. The van der Waals surface area contributed by atoms with Crippen molar-refractivity contribution >= 4 is 33.6 Å². The van der Waals surface area contributed by atoms with Crippen LogP contribution in [0.5, 0.6) is 11.5 Å². The molecule has 152 valence electrons. The van der Waals surface area contributed by atoms with Crippen molar-refractivity contribution in [3.8, 4) is 11.5 Å². The molecule has 0 radical (unpaired) electrons. The molecule has 2 aliphatic heterocycles. The third-order valence-electron chi connectivity index (χ3n) is 5.10. The molecular formula is C19H18ClN3O5S. The Morgan fingerprint density at radius 1 is 0.931 bits per heavy atom. The van der Waals surface area contributed by atoms with Crippen LogP contribution in [0.1, 0.15) is 12.8 Å². The summed E-state index contributed by atoms with van der Waals surface area (Å²) in [5.74, 6) is 0.681. The maximum absolute atomic E-state index is 12.9. The van der Waals surface area contributed by atoms with Gasteiger partial charge in [0, 0.05) is 18.1 Å². The van der Waals surface area contributed by atoms with Crippen molar-refractivity contribution in [2.24, 2.45) is 0 Å². The number of nitrogens with one attached hydrogen (secondary N) is 2. The first-order chi connectivity index (χ1) is 13.8. The second-order valence-electron chi connectivity index (χ2n) is 6.92. The van der Waals surface area contributed by atoms with Crippen LogP contribution in [0, 0.1) is 0 Å². The Kier molecular flexibility index (Phi) is 4.97. The summed E-state index contributed by atoms with van der Waals surface area (Å²) in [7, 11) is -3.72. The molecule has 0 aromatic heterocycles. The first-order valence-electron chi connectivity index (χ1n) is 8.96. The molecule has 2 N–H and O–H groups in total. The Labute approximate surface area is 172 Å². The van der Waals surface area contributed by atoms with Crippen LogP contribution in [0.4, 0.5) is 4.79 Å². The Bertz CT molecular complexity index is 1050. The minimum absolute atomic E-state index is 0.136. The van der Waals surface area contributed by atoms with Crippen LogP contribution in [-0.4, -0.2) is 43.3 Å². The molecule has 0 saturated carbocycles. The van der Waals surface area contributed by atoms with Gasteiger partial charge in [-0.2, -0.15) is 4.31 Å². The van der Waals surface area contributed by atoms with Gasteiger partial charge >= 0.3 is 6.03 Å². The molecule has 4 rings (SSSR count). The summed E-state index contributed by atoms with van der Waals surface area (Å²) in [4.78, 5) is 23.6. The molecule has 0 atom stereocenters. The van der Waals surface area contributed by atoms with Crippen molar-refractivity contribution < 1.29 is 22.7 Å². The number of ether oxygens (including phenoxy) is 1. The monoisotopic (exact) mass is 435 g/mol. The standard InChI is InChI=1S/C19H18ClN3O5S/c20-13-1-3-14(4-2-13)28-15-5-7-16(8-6-15)29(26,27)23-11-9-19(10-12-23)17(24)21-18(25)22-19/h1-8H,9-12H2,(H2,21,22,24,25). The van der Waals surface area contributed by atoms with Crippen molar-refractivity contribution in [2.45, 2.75) is 23.3 Å². The van der Waals surface area contributed by atoms with Gasteiger partial charge in [-0.1, -0.05) is 11.6 Å². The number of urea groups is 1. The number of carbonyl (C=O) groups excluding carboxylic acids is 2. The minimum Gasteiger partial charge on any atom is -0.457 e. The number of rotatable bonds is 4. The van der Waals surface area contributed by atoms with E-state index in [1.54, 1.807) is 36.4 Å². The summed E-state index contributed by atoms with van der Waals surface area (Å²) in [6.45, 7) is 0.276. The normalized spacial score (nSPS) is 19.1. The minimum atomic E-state index is -3.72. The summed E-state index contributed by atoms with van der Waals surface area (Å²) in [5, 5.41) is 5.43. The number of benzene rings is 2. The van der Waals surface area contributed by atoms with E-state index in [2.05, 4.69) is 10.6 Å². The fourth-order valence-corrected chi connectivity index (χ4v) is 5.02. The Hall–Kier alpha value is -2.62. The predicted molar refractivity (Wildman–Crippen MR) is 105 cm³/mol. The first-order valence-corrected chi connectivity index (χ1v) is 10.8. The maximum Gasteiger partial charge on any atom is 0.322 e. The highest BCUT2D eigenvalue weighted by atomic mass is 35.5. The number of nitrogens with zero attached hydrogens (tertiary/aromatic N) is 1. The predicted octanol–water partition coefficient (Wildman–Crippen LogP) is 2.50. The third kappa shape index (κ3) is 3.81. The lowest BCUT2D eigenvalue weighted by Gasteiger charge is -2.36. The molecule has 0 bridgehead atoms. The van der Waals surface area contributed by atoms with E-state index in [1.165, 1.54) is 16.4 Å². The topological polar surface area (TPSA) is 105 Å². The van der Waals surface area contributed by atoms with E-state index in [4.69, 9.17) is 16.3 Å². The van der Waals surface area contributed by atoms with Crippen molar-refractivity contribution in [2.75, 3.05) is 13.1 Å². The van der Waals surface area contributed by atoms with Crippen LogP contribution in [0.2, 0.25) is 5.02 Å². The van der Waals surface area contributed by atoms with Crippen molar-refractivity contribution in [1.29, 1.82) is 0 Å². The molecule has 0 unspecified atom stereocenters. The van der Waals surface area contributed by atoms with Gasteiger partial charge < -0.3 is 10.1 Å². The molecule has 2 aliphatic rings. The number of sulfonamides is 1. The van der Waals surface area contributed by atoms with Crippen LogP contribution in [-0.2, 0) is 14.8 Å². The number of hydrogen-bond acceptors (Lipinski definition) is 5. The van der Waals surface area contributed by atoms with E-state index >= 15 is 0 Å². The van der Waals surface area contributed by atoms with Crippen molar-refractivity contribution in [3.63, 3.8) is 0 Å². The number of imide groups is 1. The van der Waals surface area contributed by atoms with E-state index in [1.807, 2.05) is 0 Å². The van der Waals surface area contributed by atoms with Crippen LogP contribution >= 0.6 is 11.6 Å². The Balaban J connectivity index is 1.44. The molecule has 10 heteroatoms. The molecule has 1 spiro atoms. The van der Waals surface area contributed by atoms with E-state index < -0.39 is 27.5 Å². The van der Waals surface area contributed by atoms with Crippen LogP contribution < -0.4 is 15.4 Å². The first kappa shape index (κ1) is 19.7. The molecule has 8 nitrogen and oxygen atoms in total. The molecule has 2 saturated heterocycles. The smallest absolute Gasteiger partial charge is 0.322 e. The highest BCUT2D eigenvalue weighted by molar-refractivity contribution is 7.89.